The van der Waals surface area contributed by atoms with Gasteiger partial charge >= 0.3 is 0 Å². The molecule has 1 atom stereocenters. The molecule has 0 aromatic heterocycles. The topological polar surface area (TPSA) is 21.3 Å². The van der Waals surface area contributed by atoms with Crippen LogP contribution in [0.3, 0.4) is 0 Å². The Hall–Kier alpha value is -1.54. The third-order valence-electron chi connectivity index (χ3n) is 2.91. The molecule has 0 bridgehead atoms. The Balaban J connectivity index is 2.04. The van der Waals surface area contributed by atoms with Gasteiger partial charge in [0.05, 0.1) is 6.04 Å². The zero-order valence-corrected chi connectivity index (χ0v) is 8.44. The van der Waals surface area contributed by atoms with E-state index in [-0.39, 0.29) is 0 Å². The molecule has 0 spiro atoms. The molecule has 1 aliphatic carbocycles. The van der Waals surface area contributed by atoms with Crippen molar-refractivity contribution in [3.05, 3.63) is 47.6 Å². The first-order valence-corrected chi connectivity index (χ1v) is 5.30. The molecule has 3 rings (SSSR count). The summed E-state index contributed by atoms with van der Waals surface area (Å²) in [6, 6.07) is 8.45. The third-order valence-corrected chi connectivity index (χ3v) is 2.91. The lowest BCUT2D eigenvalue weighted by atomic mass is 9.94. The second kappa shape index (κ2) is 3.55. The zero-order chi connectivity index (χ0) is 10.1. The summed E-state index contributed by atoms with van der Waals surface area (Å²) in [5.41, 5.74) is 5.69. The fraction of sp³-hybridized carbons (Fsp3) is 0.231. The molecule has 2 aliphatic rings. The van der Waals surface area contributed by atoms with Crippen molar-refractivity contribution in [1.29, 1.82) is 0 Å². The summed E-state index contributed by atoms with van der Waals surface area (Å²) in [4.78, 5) is 5.58. The van der Waals surface area contributed by atoms with E-state index in [4.69, 9.17) is 4.84 Å². The number of hydrogen-bond donors (Lipinski definition) is 1. The Bertz CT molecular complexity index is 434. The maximum Gasteiger partial charge on any atom is 0.154 e. The summed E-state index contributed by atoms with van der Waals surface area (Å²) in [6.45, 7) is 0. The number of para-hydroxylation sites is 1. The van der Waals surface area contributed by atoms with E-state index in [2.05, 4.69) is 29.8 Å². The van der Waals surface area contributed by atoms with Crippen molar-refractivity contribution in [3.8, 4) is 5.75 Å². The molecular weight excluding hydrogens is 186 g/mol. The highest BCUT2D eigenvalue weighted by Crippen LogP contribution is 2.28. The van der Waals surface area contributed by atoms with E-state index in [1.807, 2.05) is 18.2 Å². The lowest BCUT2D eigenvalue weighted by Crippen LogP contribution is -2.33. The monoisotopic (exact) mass is 199 g/mol. The number of nitrogens with one attached hydrogen (secondary N) is 1. The first-order chi connectivity index (χ1) is 7.43. The molecule has 0 fully saturated rings. The number of fused-ring (bicyclic) bond motifs is 2. The van der Waals surface area contributed by atoms with Gasteiger partial charge in [-0.25, -0.2) is 0 Å². The number of rotatable bonds is 0. The van der Waals surface area contributed by atoms with Gasteiger partial charge in [-0.1, -0.05) is 30.4 Å². The van der Waals surface area contributed by atoms with Crippen LogP contribution in [0.2, 0.25) is 0 Å². The molecule has 0 radical (unpaired) electrons. The lowest BCUT2D eigenvalue weighted by Gasteiger charge is -2.20. The molecule has 1 N–H and O–H groups in total. The standard InChI is InChI=1S/C13H13NO/c1-3-7-12-10(5-1)9-11-6-2-4-8-13(11)15-14-12/h1-4,6,8-9,12,14H,5,7H2. The first kappa shape index (κ1) is 8.74. The molecule has 15 heavy (non-hydrogen) atoms. The molecule has 0 saturated carbocycles. The van der Waals surface area contributed by atoms with E-state index in [0.29, 0.717) is 6.04 Å². The minimum absolute atomic E-state index is 0.336. The van der Waals surface area contributed by atoms with Crippen LogP contribution < -0.4 is 10.3 Å². The fourth-order valence-electron chi connectivity index (χ4n) is 2.06. The molecule has 1 aliphatic heterocycles. The third kappa shape index (κ3) is 1.57. The molecular formula is C13H13NO. The summed E-state index contributed by atoms with van der Waals surface area (Å²) in [6.07, 6.45) is 8.70. The summed E-state index contributed by atoms with van der Waals surface area (Å²) in [7, 11) is 0. The lowest BCUT2D eigenvalue weighted by molar-refractivity contribution is 0.169. The van der Waals surface area contributed by atoms with E-state index in [0.717, 1.165) is 24.2 Å². The van der Waals surface area contributed by atoms with Crippen molar-refractivity contribution in [3.63, 3.8) is 0 Å². The van der Waals surface area contributed by atoms with Gasteiger partial charge in [0.25, 0.3) is 0 Å². The Morgan fingerprint density at radius 1 is 1.20 bits per heavy atom. The number of allylic oxidation sites excluding steroid dienone is 1. The predicted octanol–water partition coefficient (Wildman–Crippen LogP) is 2.69. The molecule has 76 valence electrons. The molecule has 0 amide bonds. The molecule has 1 heterocycles. The molecule has 0 saturated heterocycles. The van der Waals surface area contributed by atoms with Crippen LogP contribution in [0.25, 0.3) is 6.08 Å². The van der Waals surface area contributed by atoms with Gasteiger partial charge in [0, 0.05) is 5.56 Å². The Labute approximate surface area is 89.2 Å². The van der Waals surface area contributed by atoms with Crippen molar-refractivity contribution in [2.45, 2.75) is 18.9 Å². The highest BCUT2D eigenvalue weighted by Gasteiger charge is 2.19. The minimum atomic E-state index is 0.336. The minimum Gasteiger partial charge on any atom is -0.408 e. The van der Waals surface area contributed by atoms with Crippen molar-refractivity contribution < 1.29 is 4.84 Å². The normalized spacial score (nSPS) is 23.2. The maximum absolute atomic E-state index is 5.58. The van der Waals surface area contributed by atoms with Crippen LogP contribution in [0.1, 0.15) is 18.4 Å². The van der Waals surface area contributed by atoms with Crippen LogP contribution in [0.4, 0.5) is 0 Å². The first-order valence-electron chi connectivity index (χ1n) is 5.30. The van der Waals surface area contributed by atoms with Crippen LogP contribution in [-0.4, -0.2) is 6.04 Å². The van der Waals surface area contributed by atoms with Crippen molar-refractivity contribution in [2.75, 3.05) is 0 Å². The highest BCUT2D eigenvalue weighted by atomic mass is 16.6. The average molecular weight is 199 g/mol. The molecule has 2 nitrogen and oxygen atoms in total. The van der Waals surface area contributed by atoms with Gasteiger partial charge in [0.15, 0.2) is 5.75 Å². The number of hydroxylamine groups is 1. The Kier molecular flexibility index (Phi) is 2.07. The van der Waals surface area contributed by atoms with Gasteiger partial charge in [-0.15, -0.1) is 5.48 Å². The van der Waals surface area contributed by atoms with Gasteiger partial charge in [-0.3, -0.25) is 0 Å². The van der Waals surface area contributed by atoms with E-state index < -0.39 is 0 Å². The van der Waals surface area contributed by atoms with Gasteiger partial charge in [-0.05, 0) is 30.6 Å². The van der Waals surface area contributed by atoms with Crippen LogP contribution in [0.5, 0.6) is 5.75 Å². The van der Waals surface area contributed by atoms with Crippen LogP contribution in [-0.2, 0) is 0 Å². The van der Waals surface area contributed by atoms with Crippen molar-refractivity contribution in [2.24, 2.45) is 0 Å². The quantitative estimate of drug-likeness (QED) is 0.649. The SMILES string of the molecule is C1=CCC2NOc3ccccc3C=C2C1. The summed E-state index contributed by atoms with van der Waals surface area (Å²) >= 11 is 0. The van der Waals surface area contributed by atoms with E-state index in [1.54, 1.807) is 0 Å². The highest BCUT2D eigenvalue weighted by molar-refractivity contribution is 5.62. The zero-order valence-electron chi connectivity index (χ0n) is 8.44. The second-order valence-electron chi connectivity index (χ2n) is 3.94. The van der Waals surface area contributed by atoms with Crippen LogP contribution >= 0.6 is 0 Å². The van der Waals surface area contributed by atoms with Crippen LogP contribution in [0.15, 0.2) is 42.0 Å². The van der Waals surface area contributed by atoms with Gasteiger partial charge in [-0.2, -0.15) is 0 Å². The average Bonchev–Trinajstić information content (AvgIpc) is 2.48. The molecule has 1 aromatic rings. The number of hydrogen-bond acceptors (Lipinski definition) is 2. The van der Waals surface area contributed by atoms with E-state index in [1.165, 1.54) is 5.57 Å². The van der Waals surface area contributed by atoms with Crippen LogP contribution in [0, 0.1) is 0 Å². The van der Waals surface area contributed by atoms with Crippen molar-refractivity contribution in [1.82, 2.24) is 5.48 Å². The van der Waals surface area contributed by atoms with Gasteiger partial charge < -0.3 is 4.84 Å². The Morgan fingerprint density at radius 3 is 3.13 bits per heavy atom. The maximum atomic E-state index is 5.58. The summed E-state index contributed by atoms with van der Waals surface area (Å²) in [5.74, 6) is 0.916. The molecule has 2 heteroatoms. The predicted molar refractivity (Wildman–Crippen MR) is 60.3 cm³/mol. The van der Waals surface area contributed by atoms with E-state index >= 15 is 0 Å². The smallest absolute Gasteiger partial charge is 0.154 e. The summed E-state index contributed by atoms with van der Waals surface area (Å²) < 4.78 is 0. The second-order valence-corrected chi connectivity index (χ2v) is 3.94. The molecule has 1 unspecified atom stereocenters. The van der Waals surface area contributed by atoms with Gasteiger partial charge in [0.2, 0.25) is 0 Å². The fourth-order valence-corrected chi connectivity index (χ4v) is 2.06. The Morgan fingerprint density at radius 2 is 2.13 bits per heavy atom. The largest absolute Gasteiger partial charge is 0.408 e. The van der Waals surface area contributed by atoms with Gasteiger partial charge in [0.1, 0.15) is 0 Å². The summed E-state index contributed by atoms with van der Waals surface area (Å²) in [5, 5.41) is 0. The number of benzene rings is 1. The van der Waals surface area contributed by atoms with E-state index in [9.17, 15) is 0 Å². The molecule has 1 aromatic carbocycles. The van der Waals surface area contributed by atoms with Crippen molar-refractivity contribution >= 4 is 6.08 Å².